The molecule has 0 aliphatic carbocycles. The van der Waals surface area contributed by atoms with E-state index in [2.05, 4.69) is 16.8 Å². The van der Waals surface area contributed by atoms with Crippen LogP contribution in [0.2, 0.25) is 0 Å². The number of nitrogens with two attached hydrogens (primary N) is 1. The third kappa shape index (κ3) is 4.26. The Morgan fingerprint density at radius 3 is 2.71 bits per heavy atom. The van der Waals surface area contributed by atoms with Crippen molar-refractivity contribution in [1.29, 1.82) is 0 Å². The summed E-state index contributed by atoms with van der Waals surface area (Å²) in [6.45, 7) is 5.55. The van der Waals surface area contributed by atoms with Crippen molar-refractivity contribution in [2.45, 2.75) is 32.9 Å². The Labute approximate surface area is 125 Å². The van der Waals surface area contributed by atoms with Crippen LogP contribution in [0.5, 0.6) is 0 Å². The van der Waals surface area contributed by atoms with Gasteiger partial charge in [-0.3, -0.25) is 4.98 Å². The molecule has 0 amide bonds. The molecular weight excluding hydrogens is 265 g/mol. The van der Waals surface area contributed by atoms with Gasteiger partial charge in [0.2, 0.25) is 0 Å². The smallest absolute Gasteiger partial charge is 0.123 e. The molecule has 0 fully saturated rings. The molecule has 1 heterocycles. The second-order valence-electron chi connectivity index (χ2n) is 5.29. The van der Waals surface area contributed by atoms with Gasteiger partial charge in [-0.25, -0.2) is 4.39 Å². The Morgan fingerprint density at radius 2 is 2.10 bits per heavy atom. The lowest BCUT2D eigenvalue weighted by Gasteiger charge is -2.26. The Balaban J connectivity index is 2.28. The number of hydrogen-bond acceptors (Lipinski definition) is 3. The predicted octanol–water partition coefficient (Wildman–Crippen LogP) is 3.14. The van der Waals surface area contributed by atoms with Crippen molar-refractivity contribution in [3.05, 3.63) is 59.7 Å². The molecule has 1 unspecified atom stereocenters. The van der Waals surface area contributed by atoms with Gasteiger partial charge in [0, 0.05) is 24.5 Å². The number of anilines is 1. The highest BCUT2D eigenvalue weighted by Crippen LogP contribution is 2.24. The molecule has 1 aromatic heterocycles. The zero-order valence-corrected chi connectivity index (χ0v) is 12.6. The van der Waals surface area contributed by atoms with Gasteiger partial charge < -0.3 is 10.6 Å². The molecule has 3 nitrogen and oxygen atoms in total. The number of pyridine rings is 1. The lowest BCUT2D eigenvalue weighted by atomic mass is 10.0. The van der Waals surface area contributed by atoms with E-state index in [0.717, 1.165) is 23.5 Å². The van der Waals surface area contributed by atoms with Crippen LogP contribution in [-0.2, 0) is 13.0 Å². The van der Waals surface area contributed by atoms with E-state index in [-0.39, 0.29) is 11.9 Å². The number of nitrogens with zero attached hydrogens (tertiary/aromatic N) is 2. The standard InChI is InChI=1S/C17H22FN3/c1-3-21(12-16-6-4-5-9-20-16)17-8-7-15(18)11-14(17)10-13(2)19/h4-9,11,13H,3,10,12,19H2,1-2H3. The molecule has 0 saturated heterocycles. The molecule has 0 spiro atoms. The Kier molecular flexibility index (Phi) is 5.28. The Bertz CT molecular complexity index is 570. The second-order valence-corrected chi connectivity index (χ2v) is 5.29. The fraction of sp³-hybridized carbons (Fsp3) is 0.353. The summed E-state index contributed by atoms with van der Waals surface area (Å²) in [5, 5.41) is 0. The number of halogens is 1. The molecule has 2 rings (SSSR count). The molecule has 112 valence electrons. The fourth-order valence-corrected chi connectivity index (χ4v) is 2.43. The molecule has 0 aliphatic rings. The van der Waals surface area contributed by atoms with Crippen LogP contribution in [0, 0.1) is 5.82 Å². The van der Waals surface area contributed by atoms with E-state index in [4.69, 9.17) is 5.73 Å². The lowest BCUT2D eigenvalue weighted by Crippen LogP contribution is -2.26. The summed E-state index contributed by atoms with van der Waals surface area (Å²) in [5.41, 5.74) is 8.86. The Hall–Kier alpha value is -1.94. The first-order valence-electron chi connectivity index (χ1n) is 7.29. The highest BCUT2D eigenvalue weighted by molar-refractivity contribution is 5.54. The number of hydrogen-bond donors (Lipinski definition) is 1. The Morgan fingerprint density at radius 1 is 1.29 bits per heavy atom. The maximum atomic E-state index is 13.5. The topological polar surface area (TPSA) is 42.2 Å². The molecule has 21 heavy (non-hydrogen) atoms. The van der Waals surface area contributed by atoms with Gasteiger partial charge in [-0.15, -0.1) is 0 Å². The van der Waals surface area contributed by atoms with Crippen molar-refractivity contribution in [2.75, 3.05) is 11.4 Å². The van der Waals surface area contributed by atoms with E-state index in [0.29, 0.717) is 13.0 Å². The predicted molar refractivity (Wildman–Crippen MR) is 84.7 cm³/mol. The summed E-state index contributed by atoms with van der Waals surface area (Å²) in [5.74, 6) is -0.219. The van der Waals surface area contributed by atoms with Gasteiger partial charge in [-0.2, -0.15) is 0 Å². The highest BCUT2D eigenvalue weighted by Gasteiger charge is 2.13. The maximum absolute atomic E-state index is 13.5. The van der Waals surface area contributed by atoms with Crippen LogP contribution >= 0.6 is 0 Å². The number of benzene rings is 1. The zero-order valence-electron chi connectivity index (χ0n) is 12.6. The van der Waals surface area contributed by atoms with Gasteiger partial charge in [0.15, 0.2) is 0 Å². The highest BCUT2D eigenvalue weighted by atomic mass is 19.1. The molecule has 4 heteroatoms. The minimum atomic E-state index is -0.219. The maximum Gasteiger partial charge on any atom is 0.123 e. The minimum Gasteiger partial charge on any atom is -0.366 e. The molecular formula is C17H22FN3. The molecule has 1 aromatic carbocycles. The second kappa shape index (κ2) is 7.18. The van der Waals surface area contributed by atoms with Crippen molar-refractivity contribution < 1.29 is 4.39 Å². The SMILES string of the molecule is CCN(Cc1ccccn1)c1ccc(F)cc1CC(C)N. The summed E-state index contributed by atoms with van der Waals surface area (Å²) in [4.78, 5) is 6.55. The van der Waals surface area contributed by atoms with Gasteiger partial charge in [0.1, 0.15) is 5.82 Å². The van der Waals surface area contributed by atoms with Gasteiger partial charge in [-0.05, 0) is 56.2 Å². The summed E-state index contributed by atoms with van der Waals surface area (Å²) in [6, 6.07) is 10.8. The van der Waals surface area contributed by atoms with E-state index in [9.17, 15) is 4.39 Å². The van der Waals surface area contributed by atoms with E-state index in [1.54, 1.807) is 12.3 Å². The monoisotopic (exact) mass is 287 g/mol. The van der Waals surface area contributed by atoms with Crippen molar-refractivity contribution in [3.63, 3.8) is 0 Å². The fourth-order valence-electron chi connectivity index (χ4n) is 2.43. The summed E-state index contributed by atoms with van der Waals surface area (Å²) in [6.07, 6.45) is 2.45. The van der Waals surface area contributed by atoms with Crippen molar-refractivity contribution in [1.82, 2.24) is 4.98 Å². The van der Waals surface area contributed by atoms with Crippen molar-refractivity contribution >= 4 is 5.69 Å². The molecule has 0 bridgehead atoms. The van der Waals surface area contributed by atoms with Crippen molar-refractivity contribution in [2.24, 2.45) is 5.73 Å². The van der Waals surface area contributed by atoms with E-state index in [1.165, 1.54) is 6.07 Å². The van der Waals surface area contributed by atoms with Gasteiger partial charge in [0.05, 0.1) is 12.2 Å². The average molecular weight is 287 g/mol. The third-order valence-corrected chi connectivity index (χ3v) is 3.38. The van der Waals surface area contributed by atoms with Gasteiger partial charge in [-0.1, -0.05) is 6.07 Å². The van der Waals surface area contributed by atoms with Crippen molar-refractivity contribution in [3.8, 4) is 0 Å². The zero-order chi connectivity index (χ0) is 15.2. The average Bonchev–Trinajstić information content (AvgIpc) is 2.46. The largest absolute Gasteiger partial charge is 0.366 e. The molecule has 0 saturated carbocycles. The van der Waals surface area contributed by atoms with Crippen LogP contribution in [-0.4, -0.2) is 17.6 Å². The van der Waals surface area contributed by atoms with Gasteiger partial charge in [0.25, 0.3) is 0 Å². The van der Waals surface area contributed by atoms with E-state index in [1.807, 2.05) is 31.2 Å². The lowest BCUT2D eigenvalue weighted by molar-refractivity contribution is 0.621. The van der Waals surface area contributed by atoms with Crippen LogP contribution in [0.25, 0.3) is 0 Å². The summed E-state index contributed by atoms with van der Waals surface area (Å²) < 4.78 is 13.5. The normalized spacial score (nSPS) is 12.2. The third-order valence-electron chi connectivity index (χ3n) is 3.38. The van der Waals surface area contributed by atoms with Crippen LogP contribution in [0.3, 0.4) is 0 Å². The van der Waals surface area contributed by atoms with Crippen LogP contribution in [0.1, 0.15) is 25.1 Å². The van der Waals surface area contributed by atoms with Crippen LogP contribution in [0.15, 0.2) is 42.6 Å². The number of rotatable bonds is 6. The quantitative estimate of drug-likeness (QED) is 0.887. The number of aromatic nitrogens is 1. The van der Waals surface area contributed by atoms with Crippen LogP contribution in [0.4, 0.5) is 10.1 Å². The first-order chi connectivity index (χ1) is 10.1. The van der Waals surface area contributed by atoms with E-state index >= 15 is 0 Å². The molecule has 2 aromatic rings. The molecule has 2 N–H and O–H groups in total. The minimum absolute atomic E-state index is 0.000827. The summed E-state index contributed by atoms with van der Waals surface area (Å²) in [7, 11) is 0. The van der Waals surface area contributed by atoms with Gasteiger partial charge >= 0.3 is 0 Å². The first kappa shape index (κ1) is 15.4. The molecule has 0 radical (unpaired) electrons. The summed E-state index contributed by atoms with van der Waals surface area (Å²) >= 11 is 0. The molecule has 1 atom stereocenters. The first-order valence-corrected chi connectivity index (χ1v) is 7.29. The van der Waals surface area contributed by atoms with Crippen LogP contribution < -0.4 is 10.6 Å². The van der Waals surface area contributed by atoms with E-state index < -0.39 is 0 Å². The molecule has 0 aliphatic heterocycles.